The Kier molecular flexibility index (Phi) is 8.15. The molecule has 1 aromatic carbocycles. The average molecular weight is 441 g/mol. The van der Waals surface area contributed by atoms with E-state index in [1.54, 1.807) is 0 Å². The first-order chi connectivity index (χ1) is 13.4. The number of carbonyl (C=O) groups is 3. The van der Waals surface area contributed by atoms with Gasteiger partial charge in [0.1, 0.15) is 6.04 Å². The first kappa shape index (κ1) is 24.4. The van der Waals surface area contributed by atoms with Crippen molar-refractivity contribution >= 4 is 27.9 Å². The molecule has 0 saturated heterocycles. The Hall–Kier alpha value is -2.67. The smallest absolute Gasteiger partial charge is 0.468 e. The van der Waals surface area contributed by atoms with E-state index in [-0.39, 0.29) is 23.1 Å². The van der Waals surface area contributed by atoms with Gasteiger partial charge in [0.05, 0.1) is 32.5 Å². The van der Waals surface area contributed by atoms with Gasteiger partial charge in [-0.3, -0.25) is 4.79 Å². The van der Waals surface area contributed by atoms with Crippen molar-refractivity contribution in [1.82, 2.24) is 4.72 Å². The first-order valence-electron chi connectivity index (χ1n) is 7.83. The van der Waals surface area contributed by atoms with Crippen molar-refractivity contribution in [2.45, 2.75) is 24.4 Å². The molecular weight excluding hydrogens is 423 g/mol. The summed E-state index contributed by atoms with van der Waals surface area (Å²) >= 11 is 0. The van der Waals surface area contributed by atoms with E-state index in [0.29, 0.717) is 0 Å². The van der Waals surface area contributed by atoms with E-state index in [0.717, 1.165) is 21.3 Å². The first-order valence-corrected chi connectivity index (χ1v) is 9.31. The maximum atomic E-state index is 12.6. The molecule has 0 aromatic heterocycles. The molecule has 29 heavy (non-hydrogen) atoms. The highest BCUT2D eigenvalue weighted by molar-refractivity contribution is 7.90. The third-order valence-electron chi connectivity index (χ3n) is 3.64. The summed E-state index contributed by atoms with van der Waals surface area (Å²) in [6.45, 7) is 0. The van der Waals surface area contributed by atoms with Gasteiger partial charge in [0.15, 0.2) is 0 Å². The van der Waals surface area contributed by atoms with Crippen LogP contribution in [0.5, 0.6) is 0 Å². The van der Waals surface area contributed by atoms with Gasteiger partial charge in [-0.15, -0.1) is 0 Å². The molecule has 0 aliphatic carbocycles. The minimum absolute atomic E-state index is 0.0455. The van der Waals surface area contributed by atoms with E-state index in [2.05, 4.69) is 14.2 Å². The second-order valence-electron chi connectivity index (χ2n) is 5.58. The third-order valence-corrected chi connectivity index (χ3v) is 4.85. The predicted octanol–water partition coefficient (Wildman–Crippen LogP) is 1.17. The fourth-order valence-corrected chi connectivity index (χ4v) is 2.96. The van der Waals surface area contributed by atoms with Crippen LogP contribution in [-0.2, 0) is 35.4 Å². The number of ether oxygens (including phenoxy) is 3. The van der Waals surface area contributed by atoms with Crippen molar-refractivity contribution in [2.75, 3.05) is 21.3 Å². The zero-order chi connectivity index (χ0) is 22.4. The number of sulfonamides is 1. The van der Waals surface area contributed by atoms with Crippen LogP contribution in [0, 0.1) is 0 Å². The lowest BCUT2D eigenvalue weighted by Crippen LogP contribution is -2.47. The molecule has 1 rings (SSSR count). The summed E-state index contributed by atoms with van der Waals surface area (Å²) in [5, 5.41) is 0. The highest BCUT2D eigenvalue weighted by Gasteiger charge is 2.47. The highest BCUT2D eigenvalue weighted by atomic mass is 32.2. The monoisotopic (exact) mass is 441 g/mol. The number of carbonyl (C=O) groups excluding carboxylic acids is 3. The normalized spacial score (nSPS) is 12.8. The van der Waals surface area contributed by atoms with Crippen LogP contribution in [0.25, 0.3) is 0 Å². The Balaban J connectivity index is 3.17. The summed E-state index contributed by atoms with van der Waals surface area (Å²) in [5.41, 5.74) is -5.47. The van der Waals surface area contributed by atoms with Crippen LogP contribution in [0.1, 0.15) is 32.7 Å². The molecule has 1 aromatic rings. The molecule has 162 valence electrons. The van der Waals surface area contributed by atoms with E-state index in [1.807, 2.05) is 0 Å². The zero-order valence-corrected chi connectivity index (χ0v) is 16.3. The number of benzene rings is 1. The molecule has 9 nitrogen and oxygen atoms in total. The molecule has 0 amide bonds. The summed E-state index contributed by atoms with van der Waals surface area (Å²) in [6, 6.07) is 1.90. The van der Waals surface area contributed by atoms with Gasteiger partial charge in [0.25, 0.3) is 0 Å². The summed E-state index contributed by atoms with van der Waals surface area (Å²) in [6.07, 6.45) is -0.637. The van der Waals surface area contributed by atoms with Crippen molar-refractivity contribution in [1.29, 1.82) is 0 Å². The van der Waals surface area contributed by atoms with Crippen molar-refractivity contribution < 1.29 is 50.2 Å². The van der Waals surface area contributed by atoms with E-state index in [1.165, 1.54) is 22.9 Å². The number of aryl methyl sites for hydroxylation is 1. The fourth-order valence-electron chi connectivity index (χ4n) is 2.24. The molecule has 1 N–H and O–H groups in total. The van der Waals surface area contributed by atoms with Crippen LogP contribution >= 0.6 is 0 Å². The lowest BCUT2D eigenvalue weighted by atomic mass is 10.00. The van der Waals surface area contributed by atoms with Crippen molar-refractivity contribution in [3.63, 3.8) is 0 Å². The maximum absolute atomic E-state index is 12.6. The second-order valence-corrected chi connectivity index (χ2v) is 7.29. The molecule has 0 aliphatic heterocycles. The Labute approximate surface area is 164 Å². The lowest BCUT2D eigenvalue weighted by Gasteiger charge is -2.18. The van der Waals surface area contributed by atoms with Crippen LogP contribution < -0.4 is 4.72 Å². The topological polar surface area (TPSA) is 125 Å². The van der Waals surface area contributed by atoms with Gasteiger partial charge in [-0.25, -0.2) is 18.0 Å². The summed E-state index contributed by atoms with van der Waals surface area (Å²) in [4.78, 5) is 35.2. The molecule has 0 spiro atoms. The second kappa shape index (κ2) is 9.69. The Morgan fingerprint density at radius 2 is 1.45 bits per heavy atom. The SMILES string of the molecule is COC(=O)c1cc(CC[C@H](NS(=O)(=O)C(F)(F)F)C(=O)OC)cc(C(=O)OC)c1. The van der Waals surface area contributed by atoms with Gasteiger partial charge < -0.3 is 14.2 Å². The largest absolute Gasteiger partial charge is 0.511 e. The van der Waals surface area contributed by atoms with E-state index in [9.17, 15) is 36.0 Å². The van der Waals surface area contributed by atoms with Crippen molar-refractivity contribution in [3.05, 3.63) is 34.9 Å². The molecule has 13 heteroatoms. The standard InChI is InChI=1S/C16H18F3NO8S/c1-26-13(21)10-6-9(7-11(8-10)14(22)27-2)4-5-12(15(23)28-3)20-29(24,25)16(17,18)19/h6-8,12,20H,4-5H2,1-3H3/t12-/m0/s1. The third kappa shape index (κ3) is 6.42. The number of halogens is 3. The maximum Gasteiger partial charge on any atom is 0.511 e. The lowest BCUT2D eigenvalue weighted by molar-refractivity contribution is -0.142. The molecule has 0 bridgehead atoms. The fraction of sp³-hybridized carbons (Fsp3) is 0.438. The Morgan fingerprint density at radius 1 is 0.966 bits per heavy atom. The highest BCUT2D eigenvalue weighted by Crippen LogP contribution is 2.23. The molecule has 0 fully saturated rings. The number of rotatable bonds is 8. The van der Waals surface area contributed by atoms with Gasteiger partial charge in [0.2, 0.25) is 0 Å². The van der Waals surface area contributed by atoms with E-state index < -0.39 is 45.9 Å². The van der Waals surface area contributed by atoms with Crippen LogP contribution in [-0.4, -0.2) is 59.2 Å². The van der Waals surface area contributed by atoms with Gasteiger partial charge in [-0.2, -0.15) is 17.9 Å². The summed E-state index contributed by atoms with van der Waals surface area (Å²) < 4.78 is 75.0. The minimum Gasteiger partial charge on any atom is -0.468 e. The number of hydrogen-bond donors (Lipinski definition) is 1. The van der Waals surface area contributed by atoms with Crippen LogP contribution in [0.3, 0.4) is 0 Å². The van der Waals surface area contributed by atoms with Crippen molar-refractivity contribution in [2.24, 2.45) is 0 Å². The van der Waals surface area contributed by atoms with Crippen LogP contribution in [0.4, 0.5) is 13.2 Å². The minimum atomic E-state index is -5.81. The van der Waals surface area contributed by atoms with Crippen LogP contribution in [0.2, 0.25) is 0 Å². The molecule has 0 radical (unpaired) electrons. The number of hydrogen-bond acceptors (Lipinski definition) is 8. The summed E-state index contributed by atoms with van der Waals surface area (Å²) in [7, 11) is -2.72. The van der Waals surface area contributed by atoms with Crippen LogP contribution in [0.15, 0.2) is 18.2 Å². The number of esters is 3. The van der Waals surface area contributed by atoms with Crippen molar-refractivity contribution in [3.8, 4) is 0 Å². The van der Waals surface area contributed by atoms with Gasteiger partial charge >= 0.3 is 33.4 Å². The number of alkyl halides is 3. The predicted molar refractivity (Wildman–Crippen MR) is 91.4 cm³/mol. The summed E-state index contributed by atoms with van der Waals surface area (Å²) in [5.74, 6) is -2.83. The Bertz CT molecular complexity index is 848. The van der Waals surface area contributed by atoms with Gasteiger partial charge in [-0.1, -0.05) is 0 Å². The molecule has 0 unspecified atom stereocenters. The molecule has 0 saturated carbocycles. The molecular formula is C16H18F3NO8S. The molecule has 0 heterocycles. The molecule has 1 atom stereocenters. The quantitative estimate of drug-likeness (QED) is 0.471. The zero-order valence-electron chi connectivity index (χ0n) is 15.5. The Morgan fingerprint density at radius 3 is 1.83 bits per heavy atom. The number of nitrogens with one attached hydrogen (secondary N) is 1. The van der Waals surface area contributed by atoms with E-state index >= 15 is 0 Å². The van der Waals surface area contributed by atoms with Gasteiger partial charge in [-0.05, 0) is 36.6 Å². The van der Waals surface area contributed by atoms with E-state index in [4.69, 9.17) is 0 Å². The number of methoxy groups -OCH3 is 3. The average Bonchev–Trinajstić information content (AvgIpc) is 2.67. The van der Waals surface area contributed by atoms with Gasteiger partial charge in [0, 0.05) is 0 Å². The molecule has 0 aliphatic rings.